The first-order chi connectivity index (χ1) is 19.2. The maximum absolute atomic E-state index is 12.7. The van der Waals surface area contributed by atoms with Crippen LogP contribution in [0.4, 0.5) is 0 Å². The highest BCUT2D eigenvalue weighted by atomic mass is 31.2. The van der Waals surface area contributed by atoms with Crippen LogP contribution in [0.25, 0.3) is 11.0 Å². The number of aromatic amines is 1. The molecule has 0 aromatic carbocycles. The van der Waals surface area contributed by atoms with E-state index in [1.54, 1.807) is 0 Å². The number of aliphatic hydroxyl groups excluding tert-OH is 1. The van der Waals surface area contributed by atoms with E-state index in [4.69, 9.17) is 25.2 Å². The maximum Gasteiger partial charge on any atom is 0.302 e. The molecule has 3 heterocycles. The fraction of sp³-hybridized carbons (Fsp3) is 0.640. The predicted octanol–water partition coefficient (Wildman–Crippen LogP) is 2.37. The molecule has 1 saturated heterocycles. The maximum atomic E-state index is 12.7. The van der Waals surface area contributed by atoms with Gasteiger partial charge in [0.25, 0.3) is 14.1 Å². The Morgan fingerprint density at radius 3 is 2.82 bits per heavy atom. The van der Waals surface area contributed by atoms with Crippen LogP contribution in [0.3, 0.4) is 0 Å². The van der Waals surface area contributed by atoms with Gasteiger partial charge < -0.3 is 28.6 Å². The third kappa shape index (κ3) is 7.83. The lowest BCUT2D eigenvalue weighted by molar-refractivity contribution is -0.140. The quantitative estimate of drug-likeness (QED) is 0.159. The first-order valence-electron chi connectivity index (χ1n) is 13.1. The second-order valence-electron chi connectivity index (χ2n) is 9.34. The van der Waals surface area contributed by atoms with Crippen molar-refractivity contribution in [2.75, 3.05) is 19.8 Å². The van der Waals surface area contributed by atoms with Crippen molar-refractivity contribution >= 4 is 25.5 Å². The highest BCUT2D eigenvalue weighted by Gasteiger charge is 2.42. The van der Waals surface area contributed by atoms with Gasteiger partial charge in [-0.25, -0.2) is 14.3 Å². The zero-order valence-electron chi connectivity index (χ0n) is 23.7. The number of ether oxygens (including phenoxy) is 2. The van der Waals surface area contributed by atoms with Crippen molar-refractivity contribution in [2.45, 2.75) is 84.4 Å². The number of H-pyrrole nitrogens is 1. The Morgan fingerprint density at radius 2 is 2.15 bits per heavy atom. The lowest BCUT2D eigenvalue weighted by Gasteiger charge is -2.37. The van der Waals surface area contributed by atoms with E-state index in [1.807, 2.05) is 27.7 Å². The number of nitriles is 1. The number of nitrogens with zero attached hydrogens (tertiary/aromatic N) is 5. The summed E-state index contributed by atoms with van der Waals surface area (Å²) >= 11 is 0. The summed E-state index contributed by atoms with van der Waals surface area (Å²) in [5.41, 5.74) is 0.0837. The van der Waals surface area contributed by atoms with Crippen LogP contribution in [0.2, 0.25) is 0 Å². The van der Waals surface area contributed by atoms with Crippen LogP contribution >= 0.6 is 8.53 Å². The van der Waals surface area contributed by atoms with E-state index in [9.17, 15) is 9.59 Å². The molecule has 1 aliphatic heterocycles. The number of hydrogen-bond acceptors (Lipinski definition) is 11. The third-order valence-electron chi connectivity index (χ3n) is 5.74. The van der Waals surface area contributed by atoms with Crippen LogP contribution in [0.1, 0.15) is 65.8 Å². The van der Waals surface area contributed by atoms with Gasteiger partial charge in [-0.05, 0) is 33.6 Å². The molecule has 4 atom stereocenters. The number of esters is 1. The van der Waals surface area contributed by atoms with Gasteiger partial charge in [-0.1, -0.05) is 5.92 Å². The molecule has 0 bridgehead atoms. The fourth-order valence-corrected chi connectivity index (χ4v) is 5.94. The smallest absolute Gasteiger partial charge is 0.302 e. The molecule has 39 heavy (non-hydrogen) atoms. The molecule has 0 spiro atoms. The second-order valence-corrected chi connectivity index (χ2v) is 10.7. The zero-order valence-corrected chi connectivity index (χ0v) is 23.6. The molecule has 13 nitrogen and oxygen atoms in total. The normalized spacial score (nSPS) is 20.2. The van der Waals surface area contributed by atoms with Crippen molar-refractivity contribution < 1.29 is 28.4 Å². The Bertz CT molecular complexity index is 1290. The summed E-state index contributed by atoms with van der Waals surface area (Å²) in [6.45, 7) is 9.75. The highest BCUT2D eigenvalue weighted by molar-refractivity contribution is 7.44. The van der Waals surface area contributed by atoms with Gasteiger partial charge in [0, 0.05) is 31.8 Å². The van der Waals surface area contributed by atoms with E-state index in [1.165, 1.54) is 17.9 Å². The molecular weight excluding hydrogens is 527 g/mol. The molecule has 1 fully saturated rings. The van der Waals surface area contributed by atoms with Crippen LogP contribution in [0, 0.1) is 23.2 Å². The van der Waals surface area contributed by atoms with Crippen molar-refractivity contribution in [1.29, 1.82) is 6.69 Å². The average molecular weight is 564 g/mol. The molecule has 4 unspecified atom stereocenters. The van der Waals surface area contributed by atoms with Crippen LogP contribution in [0.5, 0.6) is 0 Å². The Balaban J connectivity index is 1.90. The molecule has 3 rings (SSSR count). The summed E-state index contributed by atoms with van der Waals surface area (Å²) in [7, 11) is -1.58. The number of rotatable bonds is 13. The Hall–Kier alpha value is -2.90. The molecule has 1 aliphatic rings. The average Bonchev–Trinajstić information content (AvgIpc) is 3.45. The number of fused-ring (bicyclic) bond motifs is 1. The summed E-state index contributed by atoms with van der Waals surface area (Å²) in [4.78, 5) is 30.5. The van der Waals surface area contributed by atoms with Gasteiger partial charge in [0.2, 0.25) is 1.43 Å². The second kappa shape index (κ2) is 14.5. The van der Waals surface area contributed by atoms with Gasteiger partial charge in [0.05, 0.1) is 38.1 Å². The first kappa shape index (κ1) is 29.1. The van der Waals surface area contributed by atoms with Crippen molar-refractivity contribution in [1.82, 2.24) is 24.4 Å². The Morgan fingerprint density at radius 1 is 1.38 bits per heavy atom. The largest absolute Gasteiger partial charge is 0.465 e. The number of hydrogen-bond donors (Lipinski definition) is 2. The molecule has 0 radical (unpaired) electrons. The molecule has 2 aromatic rings. The summed E-state index contributed by atoms with van der Waals surface area (Å²) in [6, 6.07) is 2.29. The van der Waals surface area contributed by atoms with Crippen LogP contribution in [-0.2, 0) is 23.3 Å². The minimum atomic E-state index is -1.58. The van der Waals surface area contributed by atoms with Gasteiger partial charge in [0.15, 0.2) is 17.6 Å². The molecule has 0 saturated carbocycles. The molecule has 0 aliphatic carbocycles. The molecular formula is C25H35N6O7P. The standard InChI is InChI=1S/C25H35N6O7P/c1-16(2)31(17(3)4)39(36-12-8-10-26)38-20-13-22(37-21(20)14-32)30-24-23(25(34)28-15-27-24)19(29-30)9-6-7-11-35-18(5)33/h15-17,20-22,32H,7-8,11-14H2,1-5H3,(H,27,28,34)/i32D. The first-order valence-corrected chi connectivity index (χ1v) is 13.9. The van der Waals surface area contributed by atoms with Crippen LogP contribution in [0.15, 0.2) is 11.1 Å². The van der Waals surface area contributed by atoms with Gasteiger partial charge in [-0.3, -0.25) is 9.59 Å². The number of carbonyl (C=O) groups is 1. The van der Waals surface area contributed by atoms with E-state index in [-0.39, 0.29) is 61.5 Å². The summed E-state index contributed by atoms with van der Waals surface area (Å²) < 4.78 is 34.6. The van der Waals surface area contributed by atoms with E-state index >= 15 is 0 Å². The van der Waals surface area contributed by atoms with Crippen molar-refractivity contribution in [3.63, 3.8) is 0 Å². The number of aromatic nitrogens is 4. The van der Waals surface area contributed by atoms with Crippen molar-refractivity contribution in [3.05, 3.63) is 22.4 Å². The minimum absolute atomic E-state index is 0.0675. The SMILES string of the molecule is [2H]OCC1OC(n2nc(C#CCCOC(C)=O)c3c(=O)[nH]cnc32)CC1OP(OCCC#N)N(C(C)C)C(C)C. The van der Waals surface area contributed by atoms with E-state index in [0.717, 1.165) is 0 Å². The van der Waals surface area contributed by atoms with E-state index < -0.39 is 38.5 Å². The topological polar surface area (TPSA) is 165 Å². The van der Waals surface area contributed by atoms with Gasteiger partial charge in [-0.2, -0.15) is 10.4 Å². The highest BCUT2D eigenvalue weighted by Crippen LogP contribution is 2.50. The van der Waals surface area contributed by atoms with Gasteiger partial charge in [0.1, 0.15) is 18.1 Å². The lowest BCUT2D eigenvalue weighted by atomic mass is 10.2. The van der Waals surface area contributed by atoms with Crippen molar-refractivity contribution in [3.8, 4) is 17.9 Å². The number of aliphatic hydroxyl groups is 1. The third-order valence-corrected chi connectivity index (χ3v) is 7.89. The van der Waals surface area contributed by atoms with Crippen LogP contribution in [-0.4, -0.2) is 81.0 Å². The van der Waals surface area contributed by atoms with Gasteiger partial charge >= 0.3 is 5.97 Å². The molecule has 14 heteroatoms. The Kier molecular flexibility index (Phi) is 10.8. The minimum Gasteiger partial charge on any atom is -0.465 e. The van der Waals surface area contributed by atoms with Crippen LogP contribution < -0.4 is 5.56 Å². The molecule has 2 aromatic heterocycles. The van der Waals surface area contributed by atoms with E-state index in [0.29, 0.717) is 6.42 Å². The monoisotopic (exact) mass is 563 g/mol. The number of nitrogens with one attached hydrogen (secondary N) is 1. The lowest BCUT2D eigenvalue weighted by Crippen LogP contribution is -2.36. The predicted molar refractivity (Wildman–Crippen MR) is 142 cm³/mol. The summed E-state index contributed by atoms with van der Waals surface area (Å²) in [6.07, 6.45) is 0.210. The van der Waals surface area contributed by atoms with Gasteiger partial charge in [-0.15, -0.1) is 0 Å². The zero-order chi connectivity index (χ0) is 29.2. The molecule has 2 N–H and O–H groups in total. The molecule has 0 amide bonds. The van der Waals surface area contributed by atoms with E-state index in [2.05, 4.69) is 42.8 Å². The Labute approximate surface area is 229 Å². The number of carbonyl (C=O) groups excluding carboxylic acids is 1. The summed E-state index contributed by atoms with van der Waals surface area (Å²) in [5, 5.41) is 18.4. The fourth-order valence-electron chi connectivity index (χ4n) is 4.18. The van der Waals surface area contributed by atoms with Crippen molar-refractivity contribution in [2.24, 2.45) is 0 Å². The molecule has 212 valence electrons. The summed E-state index contributed by atoms with van der Waals surface area (Å²) in [5.74, 6) is 5.34.